The zero-order valence-electron chi connectivity index (χ0n) is 4.43. The Morgan fingerprint density at radius 1 is 2.00 bits per heavy atom. The van der Waals surface area contributed by atoms with Crippen LogP contribution in [0.25, 0.3) is 0 Å². The van der Waals surface area contributed by atoms with Crippen LogP contribution in [0.2, 0.25) is 0 Å². The smallest absolute Gasteiger partial charge is 0.0466 e. The van der Waals surface area contributed by atoms with Crippen LogP contribution < -0.4 is 5.73 Å². The van der Waals surface area contributed by atoms with Gasteiger partial charge < -0.3 is 5.73 Å². The number of halogens is 1. The lowest BCUT2D eigenvalue weighted by Gasteiger charge is -2.01. The van der Waals surface area contributed by atoms with Crippen LogP contribution in [0.15, 0.2) is 9.89 Å². The van der Waals surface area contributed by atoms with Crippen molar-refractivity contribution in [2.75, 3.05) is 6.54 Å². The van der Waals surface area contributed by atoms with Crippen LogP contribution in [0.1, 0.15) is 6.42 Å². The van der Waals surface area contributed by atoms with Crippen molar-refractivity contribution in [1.82, 2.24) is 0 Å². The number of hydrogen-bond acceptors (Lipinski definition) is 2. The average molecular weight is 194 g/mol. The van der Waals surface area contributed by atoms with Crippen molar-refractivity contribution in [3.05, 3.63) is 9.89 Å². The van der Waals surface area contributed by atoms with E-state index in [1.165, 1.54) is 3.81 Å². The van der Waals surface area contributed by atoms with Gasteiger partial charge in [0.05, 0.1) is 0 Å². The first-order chi connectivity index (χ1) is 3.83. The summed E-state index contributed by atoms with van der Waals surface area (Å²) in [4.78, 5) is 0. The van der Waals surface area contributed by atoms with E-state index in [1.54, 1.807) is 0 Å². The van der Waals surface area contributed by atoms with Crippen molar-refractivity contribution >= 4 is 27.7 Å². The minimum absolute atomic E-state index is 0.629. The van der Waals surface area contributed by atoms with E-state index in [1.807, 2.05) is 11.8 Å². The summed E-state index contributed by atoms with van der Waals surface area (Å²) in [6.45, 7) is 0.788. The Labute approximate surface area is 61.8 Å². The van der Waals surface area contributed by atoms with Crippen LogP contribution in [0.4, 0.5) is 0 Å². The molecule has 3 heteroatoms. The molecule has 0 amide bonds. The SMILES string of the molecule is NCC1CC=C(Br)S1. The highest BCUT2D eigenvalue weighted by Crippen LogP contribution is 2.35. The van der Waals surface area contributed by atoms with Gasteiger partial charge in [-0.2, -0.15) is 0 Å². The van der Waals surface area contributed by atoms with Crippen molar-refractivity contribution in [3.8, 4) is 0 Å². The molecule has 1 rings (SSSR count). The van der Waals surface area contributed by atoms with Crippen molar-refractivity contribution in [2.45, 2.75) is 11.7 Å². The lowest BCUT2D eigenvalue weighted by molar-refractivity contribution is 0.889. The Hall–Kier alpha value is 0.530. The predicted octanol–water partition coefficient (Wildman–Crippen LogP) is 1.69. The van der Waals surface area contributed by atoms with E-state index >= 15 is 0 Å². The molecule has 0 bridgehead atoms. The van der Waals surface area contributed by atoms with Gasteiger partial charge in [0.15, 0.2) is 0 Å². The van der Waals surface area contributed by atoms with Crippen LogP contribution in [0.3, 0.4) is 0 Å². The molecule has 0 aliphatic carbocycles. The topological polar surface area (TPSA) is 26.0 Å². The quantitative estimate of drug-likeness (QED) is 0.687. The molecule has 0 saturated carbocycles. The maximum Gasteiger partial charge on any atom is 0.0466 e. The maximum atomic E-state index is 5.42. The lowest BCUT2D eigenvalue weighted by atomic mass is 10.3. The van der Waals surface area contributed by atoms with Gasteiger partial charge in [0.25, 0.3) is 0 Å². The summed E-state index contributed by atoms with van der Waals surface area (Å²) in [6, 6.07) is 0. The fourth-order valence-corrected chi connectivity index (χ4v) is 2.40. The number of allylic oxidation sites excluding steroid dienone is 1. The normalized spacial score (nSPS) is 28.2. The molecule has 0 saturated heterocycles. The molecule has 46 valence electrons. The molecule has 0 aromatic heterocycles. The average Bonchev–Trinajstić information content (AvgIpc) is 2.14. The first-order valence-electron chi connectivity index (χ1n) is 2.55. The monoisotopic (exact) mass is 193 g/mol. The van der Waals surface area contributed by atoms with E-state index in [2.05, 4.69) is 22.0 Å². The Bertz CT molecular complexity index is 113. The Morgan fingerprint density at radius 2 is 2.75 bits per heavy atom. The Balaban J connectivity index is 2.32. The van der Waals surface area contributed by atoms with E-state index in [-0.39, 0.29) is 0 Å². The zero-order chi connectivity index (χ0) is 5.98. The van der Waals surface area contributed by atoms with E-state index in [4.69, 9.17) is 5.73 Å². The molecule has 0 fully saturated rings. The summed E-state index contributed by atoms with van der Waals surface area (Å²) in [6.07, 6.45) is 3.30. The highest BCUT2D eigenvalue weighted by atomic mass is 79.9. The van der Waals surface area contributed by atoms with Gasteiger partial charge >= 0.3 is 0 Å². The number of hydrogen-bond donors (Lipinski definition) is 1. The molecule has 2 N–H and O–H groups in total. The first kappa shape index (κ1) is 6.65. The molecule has 1 heterocycles. The molecule has 1 aliphatic heterocycles. The molecular weight excluding hydrogens is 186 g/mol. The lowest BCUT2D eigenvalue weighted by Crippen LogP contribution is -2.12. The molecular formula is C5H8BrNS. The summed E-state index contributed by atoms with van der Waals surface area (Å²) < 4.78 is 1.24. The van der Waals surface area contributed by atoms with Crippen LogP contribution >= 0.6 is 27.7 Å². The minimum Gasteiger partial charge on any atom is -0.329 e. The number of rotatable bonds is 1. The van der Waals surface area contributed by atoms with Crippen LogP contribution in [0, 0.1) is 0 Å². The second-order valence-electron chi connectivity index (χ2n) is 1.72. The van der Waals surface area contributed by atoms with E-state index < -0.39 is 0 Å². The maximum absolute atomic E-state index is 5.42. The molecule has 1 nitrogen and oxygen atoms in total. The fraction of sp³-hybridized carbons (Fsp3) is 0.600. The van der Waals surface area contributed by atoms with E-state index in [0.717, 1.165) is 13.0 Å². The third-order valence-corrected chi connectivity index (χ3v) is 3.08. The summed E-state index contributed by atoms with van der Waals surface area (Å²) in [5.74, 6) is 0. The predicted molar refractivity (Wildman–Crippen MR) is 42.1 cm³/mol. The van der Waals surface area contributed by atoms with Gasteiger partial charge in [0, 0.05) is 15.6 Å². The third kappa shape index (κ3) is 1.50. The van der Waals surface area contributed by atoms with Gasteiger partial charge in [-0.3, -0.25) is 0 Å². The second kappa shape index (κ2) is 2.90. The number of thioether (sulfide) groups is 1. The van der Waals surface area contributed by atoms with Gasteiger partial charge in [-0.15, -0.1) is 11.8 Å². The Kier molecular flexibility index (Phi) is 2.41. The summed E-state index contributed by atoms with van der Waals surface area (Å²) in [5.41, 5.74) is 5.42. The van der Waals surface area contributed by atoms with E-state index in [0.29, 0.717) is 5.25 Å². The Morgan fingerprint density at radius 3 is 3.00 bits per heavy atom. The van der Waals surface area contributed by atoms with Crippen LogP contribution in [-0.4, -0.2) is 11.8 Å². The molecule has 0 aromatic carbocycles. The zero-order valence-corrected chi connectivity index (χ0v) is 6.83. The van der Waals surface area contributed by atoms with Gasteiger partial charge in [-0.25, -0.2) is 0 Å². The van der Waals surface area contributed by atoms with Crippen molar-refractivity contribution in [2.24, 2.45) is 5.73 Å². The van der Waals surface area contributed by atoms with Gasteiger partial charge in [0.1, 0.15) is 0 Å². The van der Waals surface area contributed by atoms with E-state index in [9.17, 15) is 0 Å². The van der Waals surface area contributed by atoms with Gasteiger partial charge in [-0.05, 0) is 22.4 Å². The summed E-state index contributed by atoms with van der Waals surface area (Å²) in [5, 5.41) is 0.629. The highest BCUT2D eigenvalue weighted by molar-refractivity contribution is 9.14. The van der Waals surface area contributed by atoms with Gasteiger partial charge in [-0.1, -0.05) is 6.08 Å². The van der Waals surface area contributed by atoms with Gasteiger partial charge in [0.2, 0.25) is 0 Å². The summed E-state index contributed by atoms with van der Waals surface area (Å²) >= 11 is 5.21. The number of nitrogens with two attached hydrogens (primary N) is 1. The molecule has 1 atom stereocenters. The van der Waals surface area contributed by atoms with Crippen molar-refractivity contribution in [3.63, 3.8) is 0 Å². The molecule has 0 spiro atoms. The summed E-state index contributed by atoms with van der Waals surface area (Å²) in [7, 11) is 0. The fourth-order valence-electron chi connectivity index (χ4n) is 0.624. The largest absolute Gasteiger partial charge is 0.329 e. The minimum atomic E-state index is 0.629. The first-order valence-corrected chi connectivity index (χ1v) is 4.22. The highest BCUT2D eigenvalue weighted by Gasteiger charge is 2.13. The van der Waals surface area contributed by atoms with Crippen molar-refractivity contribution in [1.29, 1.82) is 0 Å². The molecule has 1 unspecified atom stereocenters. The standard InChI is InChI=1S/C5H8BrNS/c6-5-2-1-4(3-7)8-5/h2,4H,1,3,7H2. The third-order valence-electron chi connectivity index (χ3n) is 1.08. The molecule has 0 radical (unpaired) electrons. The van der Waals surface area contributed by atoms with Crippen LogP contribution in [-0.2, 0) is 0 Å². The molecule has 0 aromatic rings. The molecule has 1 aliphatic rings. The second-order valence-corrected chi connectivity index (χ2v) is 4.44. The van der Waals surface area contributed by atoms with Crippen molar-refractivity contribution < 1.29 is 0 Å². The van der Waals surface area contributed by atoms with Crippen LogP contribution in [0.5, 0.6) is 0 Å². The molecule has 8 heavy (non-hydrogen) atoms.